The molecule has 16 heavy (non-hydrogen) atoms. The van der Waals surface area contributed by atoms with Gasteiger partial charge in [0, 0.05) is 17.6 Å². The van der Waals surface area contributed by atoms with Crippen LogP contribution < -0.4 is 5.32 Å². The van der Waals surface area contributed by atoms with E-state index < -0.39 is 0 Å². The van der Waals surface area contributed by atoms with Crippen molar-refractivity contribution in [1.29, 1.82) is 0 Å². The van der Waals surface area contributed by atoms with E-state index in [2.05, 4.69) is 19.2 Å². The third-order valence-electron chi connectivity index (χ3n) is 2.90. The van der Waals surface area contributed by atoms with Crippen molar-refractivity contribution in [2.24, 2.45) is 0 Å². The molecule has 0 aromatic heterocycles. The van der Waals surface area contributed by atoms with Gasteiger partial charge in [-0.15, -0.1) is 0 Å². The smallest absolute Gasteiger partial charge is 0.127 e. The van der Waals surface area contributed by atoms with Crippen molar-refractivity contribution in [3.05, 3.63) is 35.6 Å². The van der Waals surface area contributed by atoms with Crippen LogP contribution in [0.4, 0.5) is 4.39 Å². The molecular formula is C14H22FN. The Morgan fingerprint density at radius 2 is 1.94 bits per heavy atom. The molecule has 0 aliphatic rings. The number of halogens is 1. The molecule has 0 aliphatic heterocycles. The highest BCUT2D eigenvalue weighted by molar-refractivity contribution is 5.20. The average Bonchev–Trinajstić information content (AvgIpc) is 2.26. The normalized spacial score (nSPS) is 14.8. The summed E-state index contributed by atoms with van der Waals surface area (Å²) in [6.07, 6.45) is 3.58. The first kappa shape index (κ1) is 13.2. The zero-order valence-corrected chi connectivity index (χ0v) is 10.5. The summed E-state index contributed by atoms with van der Waals surface area (Å²) < 4.78 is 13.5. The van der Waals surface area contributed by atoms with Crippen LogP contribution in [0.1, 0.15) is 51.6 Å². The highest BCUT2D eigenvalue weighted by Crippen LogP contribution is 2.17. The summed E-state index contributed by atoms with van der Waals surface area (Å²) in [4.78, 5) is 0. The molecule has 0 bridgehead atoms. The third kappa shape index (κ3) is 3.93. The van der Waals surface area contributed by atoms with Crippen molar-refractivity contribution in [3.8, 4) is 0 Å². The van der Waals surface area contributed by atoms with Crippen LogP contribution in [-0.4, -0.2) is 6.04 Å². The first-order valence-electron chi connectivity index (χ1n) is 6.15. The Hall–Kier alpha value is -0.890. The van der Waals surface area contributed by atoms with Crippen LogP contribution in [0, 0.1) is 5.82 Å². The van der Waals surface area contributed by atoms with E-state index in [0.717, 1.165) is 12.0 Å². The maximum atomic E-state index is 13.5. The summed E-state index contributed by atoms with van der Waals surface area (Å²) in [5, 5.41) is 3.43. The molecule has 1 rings (SSSR count). The van der Waals surface area contributed by atoms with E-state index in [0.29, 0.717) is 6.04 Å². The highest BCUT2D eigenvalue weighted by Gasteiger charge is 2.12. The summed E-state index contributed by atoms with van der Waals surface area (Å²) in [6.45, 7) is 6.36. The number of unbranched alkanes of at least 4 members (excludes halogenated alkanes) is 1. The Kier molecular flexibility index (Phi) is 5.47. The number of hydrogen-bond donors (Lipinski definition) is 1. The quantitative estimate of drug-likeness (QED) is 0.767. The monoisotopic (exact) mass is 223 g/mol. The molecule has 0 heterocycles. The van der Waals surface area contributed by atoms with Gasteiger partial charge in [0.2, 0.25) is 0 Å². The Balaban J connectivity index is 2.52. The Morgan fingerprint density at radius 1 is 1.25 bits per heavy atom. The van der Waals surface area contributed by atoms with E-state index in [1.165, 1.54) is 18.9 Å². The van der Waals surface area contributed by atoms with E-state index in [9.17, 15) is 4.39 Å². The Bertz CT molecular complexity index is 311. The molecule has 0 saturated heterocycles. The summed E-state index contributed by atoms with van der Waals surface area (Å²) in [5.41, 5.74) is 0.755. The van der Waals surface area contributed by atoms with Crippen LogP contribution in [0.25, 0.3) is 0 Å². The largest absolute Gasteiger partial charge is 0.308 e. The molecule has 1 N–H and O–H groups in total. The van der Waals surface area contributed by atoms with Gasteiger partial charge in [0.1, 0.15) is 5.82 Å². The minimum absolute atomic E-state index is 0.0769. The van der Waals surface area contributed by atoms with Crippen molar-refractivity contribution >= 4 is 0 Å². The number of rotatable bonds is 6. The van der Waals surface area contributed by atoms with E-state index >= 15 is 0 Å². The fraction of sp³-hybridized carbons (Fsp3) is 0.571. The number of nitrogens with one attached hydrogen (secondary N) is 1. The minimum atomic E-state index is -0.120. The zero-order chi connectivity index (χ0) is 12.0. The Morgan fingerprint density at radius 3 is 2.56 bits per heavy atom. The standard InChI is InChI=1S/C14H22FN/c1-4-5-8-11(2)16-12(3)13-9-6-7-10-14(13)15/h6-7,9-12,16H,4-5,8H2,1-3H3/t11?,12-/m1/s1. The lowest BCUT2D eigenvalue weighted by molar-refractivity contribution is 0.433. The van der Waals surface area contributed by atoms with Gasteiger partial charge in [0.05, 0.1) is 0 Å². The summed E-state index contributed by atoms with van der Waals surface area (Å²) >= 11 is 0. The molecule has 0 spiro atoms. The molecule has 90 valence electrons. The van der Waals surface area contributed by atoms with Gasteiger partial charge >= 0.3 is 0 Å². The van der Waals surface area contributed by atoms with Gasteiger partial charge in [-0.1, -0.05) is 38.0 Å². The van der Waals surface area contributed by atoms with E-state index in [-0.39, 0.29) is 11.9 Å². The molecule has 0 radical (unpaired) electrons. The fourth-order valence-corrected chi connectivity index (χ4v) is 1.94. The molecule has 0 fully saturated rings. The molecule has 1 nitrogen and oxygen atoms in total. The summed E-state index contributed by atoms with van der Waals surface area (Å²) in [6, 6.07) is 7.49. The predicted octanol–water partition coefficient (Wildman–Crippen LogP) is 4.06. The number of hydrogen-bond acceptors (Lipinski definition) is 1. The van der Waals surface area contributed by atoms with E-state index in [1.807, 2.05) is 19.1 Å². The van der Waals surface area contributed by atoms with Crippen molar-refractivity contribution < 1.29 is 4.39 Å². The molecule has 2 atom stereocenters. The van der Waals surface area contributed by atoms with Crippen LogP contribution in [-0.2, 0) is 0 Å². The van der Waals surface area contributed by atoms with Gasteiger partial charge in [-0.25, -0.2) is 4.39 Å². The third-order valence-corrected chi connectivity index (χ3v) is 2.90. The van der Waals surface area contributed by atoms with E-state index in [4.69, 9.17) is 0 Å². The number of benzene rings is 1. The zero-order valence-electron chi connectivity index (χ0n) is 10.5. The molecule has 1 unspecified atom stereocenters. The van der Waals surface area contributed by atoms with Gasteiger partial charge in [-0.05, 0) is 26.3 Å². The highest BCUT2D eigenvalue weighted by atomic mass is 19.1. The molecule has 1 aromatic carbocycles. The lowest BCUT2D eigenvalue weighted by atomic mass is 10.1. The van der Waals surface area contributed by atoms with Gasteiger partial charge in [-0.3, -0.25) is 0 Å². The molecular weight excluding hydrogens is 201 g/mol. The van der Waals surface area contributed by atoms with Crippen molar-refractivity contribution in [1.82, 2.24) is 5.32 Å². The van der Waals surface area contributed by atoms with E-state index in [1.54, 1.807) is 6.07 Å². The van der Waals surface area contributed by atoms with Crippen LogP contribution >= 0.6 is 0 Å². The van der Waals surface area contributed by atoms with Gasteiger partial charge in [-0.2, -0.15) is 0 Å². The van der Waals surface area contributed by atoms with Crippen molar-refractivity contribution in [2.45, 2.75) is 52.1 Å². The average molecular weight is 223 g/mol. The van der Waals surface area contributed by atoms with Crippen LogP contribution in [0.15, 0.2) is 24.3 Å². The minimum Gasteiger partial charge on any atom is -0.308 e. The van der Waals surface area contributed by atoms with Crippen LogP contribution in [0.2, 0.25) is 0 Å². The lowest BCUT2D eigenvalue weighted by Crippen LogP contribution is -2.29. The molecule has 1 aromatic rings. The SMILES string of the molecule is CCCCC(C)N[C@H](C)c1ccccc1F. The van der Waals surface area contributed by atoms with Crippen LogP contribution in [0.3, 0.4) is 0 Å². The fourth-order valence-electron chi connectivity index (χ4n) is 1.94. The predicted molar refractivity (Wildman–Crippen MR) is 66.9 cm³/mol. The summed E-state index contributed by atoms with van der Waals surface area (Å²) in [5.74, 6) is -0.120. The molecule has 2 heteroatoms. The van der Waals surface area contributed by atoms with Crippen LogP contribution in [0.5, 0.6) is 0 Å². The lowest BCUT2D eigenvalue weighted by Gasteiger charge is -2.20. The van der Waals surface area contributed by atoms with Gasteiger partial charge < -0.3 is 5.32 Å². The first-order chi connectivity index (χ1) is 7.65. The topological polar surface area (TPSA) is 12.0 Å². The second-order valence-electron chi connectivity index (χ2n) is 4.45. The molecule has 0 saturated carbocycles. The Labute approximate surface area is 98.1 Å². The second-order valence-corrected chi connectivity index (χ2v) is 4.45. The summed E-state index contributed by atoms with van der Waals surface area (Å²) in [7, 11) is 0. The molecule has 0 aliphatic carbocycles. The first-order valence-corrected chi connectivity index (χ1v) is 6.15. The van der Waals surface area contributed by atoms with Crippen molar-refractivity contribution in [3.63, 3.8) is 0 Å². The van der Waals surface area contributed by atoms with Gasteiger partial charge in [0.25, 0.3) is 0 Å². The van der Waals surface area contributed by atoms with Crippen molar-refractivity contribution in [2.75, 3.05) is 0 Å². The molecule has 0 amide bonds. The second kappa shape index (κ2) is 6.64. The maximum absolute atomic E-state index is 13.5. The maximum Gasteiger partial charge on any atom is 0.127 e. The van der Waals surface area contributed by atoms with Gasteiger partial charge in [0.15, 0.2) is 0 Å².